The fourth-order valence-electron chi connectivity index (χ4n) is 2.16. The van der Waals surface area contributed by atoms with Gasteiger partial charge in [-0.2, -0.15) is 0 Å². The highest BCUT2D eigenvalue weighted by Gasteiger charge is 2.21. The summed E-state index contributed by atoms with van der Waals surface area (Å²) in [5.41, 5.74) is 1.07. The van der Waals surface area contributed by atoms with Crippen molar-refractivity contribution in [3.8, 4) is 0 Å². The van der Waals surface area contributed by atoms with Crippen LogP contribution >= 0.6 is 11.8 Å². The predicted octanol–water partition coefficient (Wildman–Crippen LogP) is 4.83. The summed E-state index contributed by atoms with van der Waals surface area (Å²) in [5, 5.41) is 2.54. The van der Waals surface area contributed by atoms with E-state index in [0.717, 1.165) is 5.56 Å². The van der Waals surface area contributed by atoms with Gasteiger partial charge in [-0.1, -0.05) is 72.4 Å². The van der Waals surface area contributed by atoms with E-state index in [2.05, 4.69) is 5.32 Å². The van der Waals surface area contributed by atoms with Crippen LogP contribution in [0.1, 0.15) is 41.9 Å². The summed E-state index contributed by atoms with van der Waals surface area (Å²) in [6.07, 6.45) is -0.485. The minimum absolute atomic E-state index is 0.0274. The first-order chi connectivity index (χ1) is 11.8. The van der Waals surface area contributed by atoms with Crippen LogP contribution in [0.5, 0.6) is 0 Å². The lowest BCUT2D eigenvalue weighted by molar-refractivity contribution is 0.0527. The van der Waals surface area contributed by atoms with Crippen molar-refractivity contribution in [3.05, 3.63) is 71.8 Å². The Labute approximate surface area is 153 Å². The van der Waals surface area contributed by atoms with Crippen LogP contribution in [-0.4, -0.2) is 23.4 Å². The van der Waals surface area contributed by atoms with E-state index in [9.17, 15) is 9.59 Å². The smallest absolute Gasteiger partial charge is 0.407 e. The summed E-state index contributed by atoms with van der Waals surface area (Å²) >= 11 is 1.20. The molecule has 1 atom stereocenters. The van der Waals surface area contributed by atoms with Gasteiger partial charge >= 0.3 is 6.09 Å². The molecule has 2 rings (SSSR count). The number of amides is 1. The Morgan fingerprint density at radius 2 is 1.56 bits per heavy atom. The lowest BCUT2D eigenvalue weighted by Gasteiger charge is -2.22. The van der Waals surface area contributed by atoms with Crippen molar-refractivity contribution in [2.45, 2.75) is 31.6 Å². The molecule has 25 heavy (non-hydrogen) atoms. The molecule has 1 N–H and O–H groups in total. The Morgan fingerprint density at radius 1 is 1.00 bits per heavy atom. The minimum Gasteiger partial charge on any atom is -0.444 e. The van der Waals surface area contributed by atoms with E-state index in [-0.39, 0.29) is 10.4 Å². The number of thioether (sulfide) groups is 1. The molecule has 0 bridgehead atoms. The average Bonchev–Trinajstić information content (AvgIpc) is 2.58. The Morgan fingerprint density at radius 3 is 2.12 bits per heavy atom. The van der Waals surface area contributed by atoms with Gasteiger partial charge in [0, 0.05) is 12.1 Å². The molecule has 5 heteroatoms. The van der Waals surface area contributed by atoms with E-state index in [1.165, 1.54) is 11.8 Å². The van der Waals surface area contributed by atoms with E-state index in [0.29, 0.717) is 12.1 Å². The van der Waals surface area contributed by atoms with Crippen LogP contribution < -0.4 is 5.32 Å². The van der Waals surface area contributed by atoms with Crippen molar-refractivity contribution in [2.24, 2.45) is 0 Å². The first-order valence-corrected chi connectivity index (χ1v) is 9.01. The van der Waals surface area contributed by atoms with Gasteiger partial charge in [-0.25, -0.2) is 4.79 Å². The molecule has 2 aromatic rings. The normalized spacial score (nSPS) is 12.3. The summed E-state index contributed by atoms with van der Waals surface area (Å²) in [6, 6.07) is 18.8. The molecule has 0 saturated heterocycles. The van der Waals surface area contributed by atoms with Crippen LogP contribution in [-0.2, 0) is 4.74 Å². The van der Waals surface area contributed by atoms with Gasteiger partial charge in [-0.05, 0) is 26.3 Å². The predicted molar refractivity (Wildman–Crippen MR) is 102 cm³/mol. The van der Waals surface area contributed by atoms with Crippen molar-refractivity contribution in [1.82, 2.24) is 5.32 Å². The third-order valence-corrected chi connectivity index (χ3v) is 4.43. The van der Waals surface area contributed by atoms with Crippen LogP contribution in [0.15, 0.2) is 60.7 Å². The van der Waals surface area contributed by atoms with Crippen LogP contribution in [0.4, 0.5) is 4.79 Å². The van der Waals surface area contributed by atoms with Crippen LogP contribution in [0.3, 0.4) is 0 Å². The van der Waals surface area contributed by atoms with Gasteiger partial charge in [0.15, 0.2) is 0 Å². The molecule has 0 heterocycles. The number of carbonyl (C=O) groups excluding carboxylic acids is 2. The lowest BCUT2D eigenvalue weighted by atomic mass is 10.1. The zero-order valence-electron chi connectivity index (χ0n) is 14.7. The Balaban J connectivity index is 2.06. The molecule has 132 valence electrons. The fraction of sp³-hybridized carbons (Fsp3) is 0.300. The molecule has 0 spiro atoms. The SMILES string of the molecule is CC(C)(C)OC(=O)NC[C@@H](SC(=O)c1ccccc1)c1ccccc1. The number of nitrogens with one attached hydrogen (secondary N) is 1. The van der Waals surface area contributed by atoms with E-state index in [1.807, 2.05) is 69.3 Å². The Bertz CT molecular complexity index is 696. The second-order valence-electron chi connectivity index (χ2n) is 6.55. The van der Waals surface area contributed by atoms with E-state index in [1.54, 1.807) is 12.1 Å². The number of alkyl carbamates (subject to hydrolysis) is 1. The molecule has 0 aliphatic heterocycles. The van der Waals surface area contributed by atoms with E-state index < -0.39 is 11.7 Å². The molecule has 4 nitrogen and oxygen atoms in total. The third-order valence-electron chi connectivity index (χ3n) is 3.26. The van der Waals surface area contributed by atoms with Crippen molar-refractivity contribution >= 4 is 23.0 Å². The number of rotatable bonds is 5. The molecule has 0 saturated carbocycles. The Kier molecular flexibility index (Phi) is 6.65. The molecular weight excluding hydrogens is 334 g/mol. The summed E-state index contributed by atoms with van der Waals surface area (Å²) in [6.45, 7) is 5.75. The topological polar surface area (TPSA) is 55.4 Å². The highest BCUT2D eigenvalue weighted by molar-refractivity contribution is 8.14. The quantitative estimate of drug-likeness (QED) is 0.833. The van der Waals surface area contributed by atoms with Gasteiger partial charge in [0.25, 0.3) is 0 Å². The van der Waals surface area contributed by atoms with Gasteiger partial charge in [0.1, 0.15) is 5.60 Å². The fourth-order valence-corrected chi connectivity index (χ4v) is 3.15. The molecule has 0 aromatic heterocycles. The standard InChI is InChI=1S/C20H23NO3S/c1-20(2,3)24-19(23)21-14-17(15-10-6-4-7-11-15)25-18(22)16-12-8-5-9-13-16/h4-13,17H,14H2,1-3H3,(H,21,23)/t17-/m1/s1. The largest absolute Gasteiger partial charge is 0.444 e. The highest BCUT2D eigenvalue weighted by atomic mass is 32.2. The maximum Gasteiger partial charge on any atom is 0.407 e. The number of benzene rings is 2. The molecule has 0 radical (unpaired) electrons. The number of carbonyl (C=O) groups is 2. The summed E-state index contributed by atoms with van der Waals surface area (Å²) in [5.74, 6) is 0. The van der Waals surface area contributed by atoms with E-state index >= 15 is 0 Å². The van der Waals surface area contributed by atoms with Crippen molar-refractivity contribution in [1.29, 1.82) is 0 Å². The maximum absolute atomic E-state index is 12.5. The number of ether oxygens (including phenoxy) is 1. The van der Waals surface area contributed by atoms with Crippen LogP contribution in [0.25, 0.3) is 0 Å². The molecule has 0 fully saturated rings. The maximum atomic E-state index is 12.5. The molecule has 0 unspecified atom stereocenters. The van der Waals surface area contributed by atoms with Crippen molar-refractivity contribution in [2.75, 3.05) is 6.54 Å². The van der Waals surface area contributed by atoms with Crippen molar-refractivity contribution in [3.63, 3.8) is 0 Å². The van der Waals surface area contributed by atoms with E-state index in [4.69, 9.17) is 4.74 Å². The second kappa shape index (κ2) is 8.72. The molecule has 0 aliphatic rings. The number of hydrogen-bond acceptors (Lipinski definition) is 4. The first-order valence-electron chi connectivity index (χ1n) is 8.13. The zero-order chi connectivity index (χ0) is 18.3. The van der Waals surface area contributed by atoms with Gasteiger partial charge in [0.2, 0.25) is 5.12 Å². The summed E-state index contributed by atoms with van der Waals surface area (Å²) in [7, 11) is 0. The summed E-state index contributed by atoms with van der Waals surface area (Å²) in [4.78, 5) is 24.4. The highest BCUT2D eigenvalue weighted by Crippen LogP contribution is 2.31. The molecule has 1 amide bonds. The molecule has 0 aliphatic carbocycles. The summed E-state index contributed by atoms with van der Waals surface area (Å²) < 4.78 is 5.27. The molecular formula is C20H23NO3S. The van der Waals surface area contributed by atoms with Gasteiger partial charge in [-0.3, -0.25) is 4.79 Å². The minimum atomic E-state index is -0.556. The first kappa shape index (κ1) is 19.1. The van der Waals surface area contributed by atoms with Gasteiger partial charge < -0.3 is 10.1 Å². The average molecular weight is 357 g/mol. The second-order valence-corrected chi connectivity index (χ2v) is 7.73. The Hall–Kier alpha value is -2.27. The van der Waals surface area contributed by atoms with Crippen LogP contribution in [0.2, 0.25) is 0 Å². The third kappa shape index (κ3) is 6.63. The van der Waals surface area contributed by atoms with Crippen molar-refractivity contribution < 1.29 is 14.3 Å². The van der Waals surface area contributed by atoms with Crippen LogP contribution in [0, 0.1) is 0 Å². The van der Waals surface area contributed by atoms with Gasteiger partial charge in [-0.15, -0.1) is 0 Å². The molecule has 2 aromatic carbocycles. The lowest BCUT2D eigenvalue weighted by Crippen LogP contribution is -2.34. The monoisotopic (exact) mass is 357 g/mol. The number of hydrogen-bond donors (Lipinski definition) is 1. The van der Waals surface area contributed by atoms with Gasteiger partial charge in [0.05, 0.1) is 5.25 Å². The zero-order valence-corrected chi connectivity index (χ0v) is 15.5.